The zero-order valence-electron chi connectivity index (χ0n) is 15.3. The second-order valence-corrected chi connectivity index (χ2v) is 6.26. The Morgan fingerprint density at radius 3 is 2.69 bits per heavy atom. The molecule has 0 bridgehead atoms. The Kier molecular flexibility index (Phi) is 10.5. The number of pyridine rings is 1. The highest BCUT2D eigenvalue weighted by molar-refractivity contribution is 14.0. The molecular formula is C17H26ClIN6O. The maximum atomic E-state index is 5.79. The number of aromatic nitrogens is 3. The van der Waals surface area contributed by atoms with E-state index in [0.29, 0.717) is 24.0 Å². The van der Waals surface area contributed by atoms with Gasteiger partial charge in [0.05, 0.1) is 6.54 Å². The van der Waals surface area contributed by atoms with Crippen molar-refractivity contribution in [3.8, 4) is 0 Å². The minimum Gasteiger partial charge on any atom is -0.357 e. The zero-order chi connectivity index (χ0) is 18.1. The van der Waals surface area contributed by atoms with Crippen LogP contribution in [0.2, 0.25) is 5.15 Å². The van der Waals surface area contributed by atoms with Crippen molar-refractivity contribution in [1.29, 1.82) is 0 Å². The van der Waals surface area contributed by atoms with E-state index in [0.717, 1.165) is 36.9 Å². The first-order valence-electron chi connectivity index (χ1n) is 8.53. The van der Waals surface area contributed by atoms with E-state index in [1.54, 1.807) is 12.3 Å². The van der Waals surface area contributed by atoms with Crippen LogP contribution in [-0.2, 0) is 12.8 Å². The molecule has 144 valence electrons. The molecule has 0 radical (unpaired) electrons. The van der Waals surface area contributed by atoms with E-state index in [2.05, 4.69) is 30.8 Å². The lowest BCUT2D eigenvalue weighted by Gasteiger charge is -2.11. The van der Waals surface area contributed by atoms with Crippen LogP contribution in [0.15, 0.2) is 27.8 Å². The van der Waals surface area contributed by atoms with Crippen LogP contribution >= 0.6 is 35.6 Å². The highest BCUT2D eigenvalue weighted by Gasteiger charge is 2.09. The van der Waals surface area contributed by atoms with Gasteiger partial charge in [-0.2, -0.15) is 4.98 Å². The molecule has 0 atom stereocenters. The van der Waals surface area contributed by atoms with Gasteiger partial charge in [0.2, 0.25) is 5.89 Å². The predicted molar refractivity (Wildman–Crippen MR) is 114 cm³/mol. The smallest absolute Gasteiger partial charge is 0.228 e. The highest BCUT2D eigenvalue weighted by atomic mass is 127. The lowest BCUT2D eigenvalue weighted by atomic mass is 10.2. The second-order valence-electron chi connectivity index (χ2n) is 5.88. The first-order chi connectivity index (χ1) is 12.1. The standard InChI is InChI=1S/C17H25ClN6O.HI/c1-4-19-17(20-9-7-13-5-6-14(18)22-11-13)21-10-8-15-23-16(12(2)3)24-25-15;/h5-6,11-12H,4,7-10H2,1-3H3,(H2,19,20,21);1H. The fraction of sp³-hybridized carbons (Fsp3) is 0.529. The van der Waals surface area contributed by atoms with E-state index in [1.807, 2.05) is 26.8 Å². The van der Waals surface area contributed by atoms with Gasteiger partial charge in [-0.25, -0.2) is 4.98 Å². The second kappa shape index (κ2) is 12.1. The quantitative estimate of drug-likeness (QED) is 0.255. The van der Waals surface area contributed by atoms with Crippen molar-refractivity contribution < 1.29 is 4.52 Å². The van der Waals surface area contributed by atoms with Crippen molar-refractivity contribution in [3.63, 3.8) is 0 Å². The largest absolute Gasteiger partial charge is 0.357 e. The van der Waals surface area contributed by atoms with Gasteiger partial charge in [-0.3, -0.25) is 4.99 Å². The summed E-state index contributed by atoms with van der Waals surface area (Å²) in [4.78, 5) is 13.0. The molecule has 0 aliphatic rings. The number of rotatable bonds is 8. The van der Waals surface area contributed by atoms with Gasteiger partial charge in [0, 0.05) is 31.6 Å². The molecule has 0 saturated carbocycles. The summed E-state index contributed by atoms with van der Waals surface area (Å²) < 4.78 is 5.23. The Balaban J connectivity index is 0.00000338. The minimum atomic E-state index is 0. The molecule has 0 unspecified atom stereocenters. The molecule has 0 saturated heterocycles. The summed E-state index contributed by atoms with van der Waals surface area (Å²) in [5.41, 5.74) is 1.12. The van der Waals surface area contributed by atoms with E-state index in [-0.39, 0.29) is 29.9 Å². The van der Waals surface area contributed by atoms with E-state index in [4.69, 9.17) is 16.1 Å². The summed E-state index contributed by atoms with van der Waals surface area (Å²) in [6.07, 6.45) is 3.25. The van der Waals surface area contributed by atoms with Crippen LogP contribution in [0.4, 0.5) is 0 Å². The SMILES string of the molecule is CCNC(=NCCc1nc(C(C)C)no1)NCCc1ccc(Cl)nc1.I. The number of hydrogen-bond donors (Lipinski definition) is 2. The van der Waals surface area contributed by atoms with Crippen molar-refractivity contribution in [2.45, 2.75) is 39.5 Å². The number of halogens is 2. The molecule has 2 rings (SSSR count). The summed E-state index contributed by atoms with van der Waals surface area (Å²) in [6, 6.07) is 3.77. The summed E-state index contributed by atoms with van der Waals surface area (Å²) in [5, 5.41) is 11.0. The van der Waals surface area contributed by atoms with Crippen molar-refractivity contribution >= 4 is 41.5 Å². The average molecular weight is 493 g/mol. The fourth-order valence-corrected chi connectivity index (χ4v) is 2.20. The molecule has 0 spiro atoms. The van der Waals surface area contributed by atoms with Gasteiger partial charge in [-0.15, -0.1) is 24.0 Å². The number of aliphatic imine (C=N–C) groups is 1. The monoisotopic (exact) mass is 492 g/mol. The lowest BCUT2D eigenvalue weighted by Crippen LogP contribution is -2.38. The predicted octanol–water partition coefficient (Wildman–Crippen LogP) is 3.20. The normalized spacial score (nSPS) is 11.3. The molecule has 26 heavy (non-hydrogen) atoms. The van der Waals surface area contributed by atoms with Gasteiger partial charge in [0.1, 0.15) is 5.15 Å². The van der Waals surface area contributed by atoms with Gasteiger partial charge in [-0.1, -0.05) is 36.7 Å². The molecule has 2 aromatic heterocycles. The molecule has 0 aliphatic heterocycles. The van der Waals surface area contributed by atoms with Gasteiger partial charge in [0.15, 0.2) is 11.8 Å². The Labute approximate surface area is 176 Å². The molecular weight excluding hydrogens is 467 g/mol. The van der Waals surface area contributed by atoms with Crippen LogP contribution in [0.3, 0.4) is 0 Å². The average Bonchev–Trinajstić information content (AvgIpc) is 3.06. The van der Waals surface area contributed by atoms with Crippen LogP contribution in [0.1, 0.15) is 44.0 Å². The summed E-state index contributed by atoms with van der Waals surface area (Å²) in [7, 11) is 0. The van der Waals surface area contributed by atoms with Crippen molar-refractivity contribution in [2.24, 2.45) is 4.99 Å². The number of nitrogens with one attached hydrogen (secondary N) is 2. The topological polar surface area (TPSA) is 88.2 Å². The van der Waals surface area contributed by atoms with Crippen molar-refractivity contribution in [2.75, 3.05) is 19.6 Å². The van der Waals surface area contributed by atoms with Crippen LogP contribution < -0.4 is 10.6 Å². The molecule has 7 nitrogen and oxygen atoms in total. The summed E-state index contributed by atoms with van der Waals surface area (Å²) >= 11 is 5.79. The molecule has 9 heteroatoms. The van der Waals surface area contributed by atoms with Crippen LogP contribution in [0.5, 0.6) is 0 Å². The molecule has 0 fully saturated rings. The Bertz CT molecular complexity index is 674. The van der Waals surface area contributed by atoms with Gasteiger partial charge < -0.3 is 15.2 Å². The summed E-state index contributed by atoms with van der Waals surface area (Å²) in [5.74, 6) is 2.39. The van der Waals surface area contributed by atoms with Gasteiger partial charge in [-0.05, 0) is 25.0 Å². The van der Waals surface area contributed by atoms with Crippen molar-refractivity contribution in [1.82, 2.24) is 25.8 Å². The van der Waals surface area contributed by atoms with Crippen LogP contribution in [0.25, 0.3) is 0 Å². The molecule has 0 aromatic carbocycles. The third kappa shape index (κ3) is 7.86. The summed E-state index contributed by atoms with van der Waals surface area (Å²) in [6.45, 7) is 8.25. The molecule has 2 N–H and O–H groups in total. The molecule has 2 heterocycles. The number of guanidine groups is 1. The first-order valence-corrected chi connectivity index (χ1v) is 8.91. The van der Waals surface area contributed by atoms with Crippen molar-refractivity contribution in [3.05, 3.63) is 40.8 Å². The highest BCUT2D eigenvalue weighted by Crippen LogP contribution is 2.09. The molecule has 2 aromatic rings. The minimum absolute atomic E-state index is 0. The zero-order valence-corrected chi connectivity index (χ0v) is 18.4. The Morgan fingerprint density at radius 2 is 2.08 bits per heavy atom. The third-order valence-electron chi connectivity index (χ3n) is 3.43. The van der Waals surface area contributed by atoms with Crippen LogP contribution in [-0.4, -0.2) is 40.7 Å². The van der Waals surface area contributed by atoms with Gasteiger partial charge >= 0.3 is 0 Å². The lowest BCUT2D eigenvalue weighted by molar-refractivity contribution is 0.372. The van der Waals surface area contributed by atoms with E-state index in [9.17, 15) is 0 Å². The third-order valence-corrected chi connectivity index (χ3v) is 3.66. The Morgan fingerprint density at radius 1 is 1.27 bits per heavy atom. The number of hydrogen-bond acceptors (Lipinski definition) is 5. The van der Waals surface area contributed by atoms with Gasteiger partial charge in [0.25, 0.3) is 0 Å². The fourth-order valence-electron chi connectivity index (χ4n) is 2.09. The van der Waals surface area contributed by atoms with E-state index in [1.165, 1.54) is 0 Å². The maximum absolute atomic E-state index is 5.79. The van der Waals surface area contributed by atoms with E-state index >= 15 is 0 Å². The Hall–Kier alpha value is -1.42. The maximum Gasteiger partial charge on any atom is 0.228 e. The molecule has 0 amide bonds. The van der Waals surface area contributed by atoms with E-state index < -0.39 is 0 Å². The first kappa shape index (κ1) is 22.6. The number of nitrogens with zero attached hydrogens (tertiary/aromatic N) is 4. The van der Waals surface area contributed by atoms with Crippen LogP contribution in [0, 0.1) is 0 Å². The molecule has 0 aliphatic carbocycles.